The molecular formula is C22H31N5O. The minimum atomic E-state index is 0.0943. The van der Waals surface area contributed by atoms with Gasteiger partial charge in [-0.3, -0.25) is 4.79 Å². The molecule has 6 nitrogen and oxygen atoms in total. The largest absolute Gasteiger partial charge is 0.356 e. The highest BCUT2D eigenvalue weighted by atomic mass is 16.1. The van der Waals surface area contributed by atoms with Crippen LogP contribution in [0.5, 0.6) is 0 Å². The van der Waals surface area contributed by atoms with E-state index in [1.807, 2.05) is 31.2 Å². The molecule has 150 valence electrons. The van der Waals surface area contributed by atoms with E-state index in [-0.39, 0.29) is 5.91 Å². The number of carbonyl (C=O) groups is 1. The van der Waals surface area contributed by atoms with Crippen molar-refractivity contribution in [2.24, 2.45) is 0 Å². The Morgan fingerprint density at radius 3 is 2.64 bits per heavy atom. The van der Waals surface area contributed by atoms with E-state index in [4.69, 9.17) is 0 Å². The van der Waals surface area contributed by atoms with Gasteiger partial charge in [-0.05, 0) is 44.6 Å². The van der Waals surface area contributed by atoms with Crippen LogP contribution in [0.2, 0.25) is 0 Å². The van der Waals surface area contributed by atoms with Gasteiger partial charge in [0, 0.05) is 44.4 Å². The molecular weight excluding hydrogens is 350 g/mol. The zero-order chi connectivity index (χ0) is 19.6. The van der Waals surface area contributed by atoms with Gasteiger partial charge >= 0.3 is 0 Å². The summed E-state index contributed by atoms with van der Waals surface area (Å²) in [5, 5.41) is 6.20. The molecule has 1 saturated heterocycles. The molecule has 0 aliphatic carbocycles. The number of amides is 1. The molecule has 0 atom stereocenters. The van der Waals surface area contributed by atoms with Crippen LogP contribution in [0, 0.1) is 6.92 Å². The predicted octanol–water partition coefficient (Wildman–Crippen LogP) is 3.33. The SMILES string of the molecule is Cc1cc(N2CCCCC2)nc(NCCNC(=O)CCCc2ccccc2)n1. The number of carbonyl (C=O) groups excluding carboxylic acids is 1. The lowest BCUT2D eigenvalue weighted by atomic mass is 10.1. The van der Waals surface area contributed by atoms with Gasteiger partial charge in [0.2, 0.25) is 11.9 Å². The Labute approximate surface area is 167 Å². The van der Waals surface area contributed by atoms with Crippen molar-refractivity contribution in [1.82, 2.24) is 15.3 Å². The number of hydrogen-bond donors (Lipinski definition) is 2. The lowest BCUT2D eigenvalue weighted by Gasteiger charge is -2.28. The average Bonchev–Trinajstić information content (AvgIpc) is 2.72. The summed E-state index contributed by atoms with van der Waals surface area (Å²) in [6.07, 6.45) is 6.10. The van der Waals surface area contributed by atoms with Crippen LogP contribution in [-0.4, -0.2) is 42.1 Å². The molecule has 2 heterocycles. The number of benzene rings is 1. The first-order valence-corrected chi connectivity index (χ1v) is 10.4. The lowest BCUT2D eigenvalue weighted by molar-refractivity contribution is -0.121. The molecule has 2 aromatic rings. The van der Waals surface area contributed by atoms with Crippen LogP contribution in [0.4, 0.5) is 11.8 Å². The summed E-state index contributed by atoms with van der Waals surface area (Å²) < 4.78 is 0. The summed E-state index contributed by atoms with van der Waals surface area (Å²) >= 11 is 0. The van der Waals surface area contributed by atoms with Crippen molar-refractivity contribution < 1.29 is 4.79 Å². The van der Waals surface area contributed by atoms with Crippen LogP contribution >= 0.6 is 0 Å². The minimum absolute atomic E-state index is 0.0943. The molecule has 1 aromatic heterocycles. The Balaban J connectivity index is 1.36. The van der Waals surface area contributed by atoms with Crippen LogP contribution in [-0.2, 0) is 11.2 Å². The minimum Gasteiger partial charge on any atom is -0.356 e. The first-order chi connectivity index (χ1) is 13.7. The number of piperidine rings is 1. The van der Waals surface area contributed by atoms with Crippen LogP contribution in [0.1, 0.15) is 43.4 Å². The molecule has 3 rings (SSSR count). The fourth-order valence-corrected chi connectivity index (χ4v) is 3.48. The van der Waals surface area contributed by atoms with Crippen molar-refractivity contribution in [3.05, 3.63) is 47.7 Å². The van der Waals surface area contributed by atoms with Crippen LogP contribution < -0.4 is 15.5 Å². The normalized spacial score (nSPS) is 14.0. The van der Waals surface area contributed by atoms with Crippen molar-refractivity contribution in [2.45, 2.75) is 45.4 Å². The molecule has 0 saturated carbocycles. The number of nitrogens with zero attached hydrogens (tertiary/aromatic N) is 3. The molecule has 2 N–H and O–H groups in total. The van der Waals surface area contributed by atoms with Crippen LogP contribution in [0.3, 0.4) is 0 Å². The topological polar surface area (TPSA) is 70.2 Å². The second-order valence-electron chi connectivity index (χ2n) is 7.35. The summed E-state index contributed by atoms with van der Waals surface area (Å²) in [6, 6.07) is 12.3. The number of aryl methyl sites for hydroxylation is 2. The first-order valence-electron chi connectivity index (χ1n) is 10.4. The van der Waals surface area contributed by atoms with E-state index in [9.17, 15) is 4.79 Å². The Bertz CT molecular complexity index is 744. The monoisotopic (exact) mass is 381 g/mol. The smallest absolute Gasteiger partial charge is 0.224 e. The molecule has 0 spiro atoms. The van der Waals surface area contributed by atoms with Crippen molar-refractivity contribution >= 4 is 17.7 Å². The van der Waals surface area contributed by atoms with Gasteiger partial charge in [0.25, 0.3) is 0 Å². The fraction of sp³-hybridized carbons (Fsp3) is 0.500. The van der Waals surface area contributed by atoms with E-state index in [2.05, 4.69) is 37.6 Å². The molecule has 1 fully saturated rings. The summed E-state index contributed by atoms with van der Waals surface area (Å²) in [7, 11) is 0. The fourth-order valence-electron chi connectivity index (χ4n) is 3.48. The predicted molar refractivity (Wildman–Crippen MR) is 114 cm³/mol. The number of rotatable bonds is 9. The van der Waals surface area contributed by atoms with E-state index in [0.717, 1.165) is 37.4 Å². The highest BCUT2D eigenvalue weighted by molar-refractivity contribution is 5.75. The van der Waals surface area contributed by atoms with E-state index in [0.29, 0.717) is 25.5 Å². The molecule has 6 heteroatoms. The Morgan fingerprint density at radius 2 is 1.86 bits per heavy atom. The van der Waals surface area contributed by atoms with E-state index >= 15 is 0 Å². The van der Waals surface area contributed by atoms with Gasteiger partial charge in [-0.2, -0.15) is 4.98 Å². The average molecular weight is 382 g/mol. The molecule has 1 aliphatic heterocycles. The Morgan fingerprint density at radius 1 is 1.07 bits per heavy atom. The number of nitrogens with one attached hydrogen (secondary N) is 2. The number of hydrogen-bond acceptors (Lipinski definition) is 5. The molecule has 28 heavy (non-hydrogen) atoms. The Hall–Kier alpha value is -2.63. The van der Waals surface area contributed by atoms with Crippen molar-refractivity contribution in [3.63, 3.8) is 0 Å². The summed E-state index contributed by atoms with van der Waals surface area (Å²) in [4.78, 5) is 23.4. The molecule has 1 aliphatic rings. The van der Waals surface area contributed by atoms with Gasteiger partial charge < -0.3 is 15.5 Å². The highest BCUT2D eigenvalue weighted by Crippen LogP contribution is 2.19. The van der Waals surface area contributed by atoms with Gasteiger partial charge in [-0.25, -0.2) is 4.98 Å². The third-order valence-electron chi connectivity index (χ3n) is 4.96. The summed E-state index contributed by atoms with van der Waals surface area (Å²) in [6.45, 7) is 5.31. The quantitative estimate of drug-likeness (QED) is 0.652. The van der Waals surface area contributed by atoms with E-state index < -0.39 is 0 Å². The van der Waals surface area contributed by atoms with Crippen molar-refractivity contribution in [1.29, 1.82) is 0 Å². The molecule has 1 aromatic carbocycles. The van der Waals surface area contributed by atoms with E-state index in [1.165, 1.54) is 24.8 Å². The van der Waals surface area contributed by atoms with Crippen LogP contribution in [0.25, 0.3) is 0 Å². The van der Waals surface area contributed by atoms with E-state index in [1.54, 1.807) is 0 Å². The zero-order valence-corrected chi connectivity index (χ0v) is 16.8. The Kier molecular flexibility index (Phi) is 7.64. The summed E-state index contributed by atoms with van der Waals surface area (Å²) in [5.74, 6) is 1.73. The van der Waals surface area contributed by atoms with Gasteiger partial charge in [-0.1, -0.05) is 30.3 Å². The van der Waals surface area contributed by atoms with Gasteiger partial charge in [0.15, 0.2) is 0 Å². The maximum absolute atomic E-state index is 12.0. The maximum atomic E-state index is 12.0. The second kappa shape index (κ2) is 10.6. The lowest BCUT2D eigenvalue weighted by Crippen LogP contribution is -2.31. The third kappa shape index (κ3) is 6.51. The third-order valence-corrected chi connectivity index (χ3v) is 4.96. The van der Waals surface area contributed by atoms with Gasteiger partial charge in [0.05, 0.1) is 0 Å². The zero-order valence-electron chi connectivity index (χ0n) is 16.8. The molecule has 1 amide bonds. The first kappa shape index (κ1) is 20.1. The second-order valence-corrected chi connectivity index (χ2v) is 7.35. The molecule has 0 bridgehead atoms. The van der Waals surface area contributed by atoms with Crippen LogP contribution in [0.15, 0.2) is 36.4 Å². The van der Waals surface area contributed by atoms with Gasteiger partial charge in [0.1, 0.15) is 5.82 Å². The standard InChI is InChI=1S/C22H31N5O/c1-18-17-20(27-15-6-3-7-16-27)26-22(25-18)24-14-13-23-21(28)12-8-11-19-9-4-2-5-10-19/h2,4-5,9-10,17H,3,6-8,11-16H2,1H3,(H,23,28)(H,24,25,26). The molecule has 0 unspecified atom stereocenters. The summed E-state index contributed by atoms with van der Waals surface area (Å²) in [5.41, 5.74) is 2.24. The highest BCUT2D eigenvalue weighted by Gasteiger charge is 2.13. The van der Waals surface area contributed by atoms with Crippen molar-refractivity contribution in [2.75, 3.05) is 36.4 Å². The number of anilines is 2. The maximum Gasteiger partial charge on any atom is 0.224 e. The van der Waals surface area contributed by atoms with Gasteiger partial charge in [-0.15, -0.1) is 0 Å². The van der Waals surface area contributed by atoms with Crippen molar-refractivity contribution in [3.8, 4) is 0 Å². The molecule has 0 radical (unpaired) electrons. The number of aromatic nitrogens is 2.